The molecule has 1 aromatic heterocycles. The lowest BCUT2D eigenvalue weighted by Gasteiger charge is -2.40. The molecule has 1 saturated heterocycles. The number of aromatic nitrogens is 2. The topological polar surface area (TPSA) is 53.7 Å². The SMILES string of the molecule is CCCN1CC[C@@H](c2ccc(F)cc2)N2C(=O)/C(=C/c3ccc(-n4cnc(C)c4)c(C)c3)N=C12. The van der Waals surface area contributed by atoms with Crippen molar-refractivity contribution in [3.05, 3.63) is 88.9 Å². The average Bonchev–Trinajstić information content (AvgIpc) is 3.39. The van der Waals surface area contributed by atoms with Gasteiger partial charge in [-0.25, -0.2) is 14.4 Å². The lowest BCUT2D eigenvalue weighted by atomic mass is 9.99. The number of hydrogen-bond acceptors (Lipinski definition) is 4. The lowest BCUT2D eigenvalue weighted by Crippen LogP contribution is -2.51. The van der Waals surface area contributed by atoms with Crippen molar-refractivity contribution in [2.45, 2.75) is 39.7 Å². The molecule has 1 fully saturated rings. The number of guanidine groups is 1. The molecule has 2 aromatic carbocycles. The second kappa shape index (κ2) is 8.89. The van der Waals surface area contributed by atoms with Crippen LogP contribution in [0, 0.1) is 19.7 Å². The first-order chi connectivity index (χ1) is 16.4. The van der Waals surface area contributed by atoms with Crippen LogP contribution < -0.4 is 0 Å². The molecule has 0 unspecified atom stereocenters. The van der Waals surface area contributed by atoms with Crippen LogP contribution in [0.1, 0.15) is 48.2 Å². The number of hydrogen-bond donors (Lipinski definition) is 0. The number of fused-ring (bicyclic) bond motifs is 1. The highest BCUT2D eigenvalue weighted by atomic mass is 19.1. The number of carbonyl (C=O) groups is 1. The summed E-state index contributed by atoms with van der Waals surface area (Å²) < 4.78 is 15.5. The Morgan fingerprint density at radius 2 is 1.94 bits per heavy atom. The molecule has 5 rings (SSSR count). The molecule has 0 saturated carbocycles. The first-order valence-electron chi connectivity index (χ1n) is 11.7. The number of aliphatic imine (C=N–C) groups is 1. The number of nitrogens with zero attached hydrogens (tertiary/aromatic N) is 5. The molecule has 6 nitrogen and oxygen atoms in total. The Labute approximate surface area is 199 Å². The minimum atomic E-state index is -0.279. The van der Waals surface area contributed by atoms with Crippen molar-refractivity contribution >= 4 is 17.9 Å². The maximum absolute atomic E-state index is 13.6. The number of halogens is 1. The van der Waals surface area contributed by atoms with Crippen molar-refractivity contribution in [2.24, 2.45) is 4.99 Å². The Hall–Kier alpha value is -3.74. The summed E-state index contributed by atoms with van der Waals surface area (Å²) in [6.45, 7) is 7.78. The lowest BCUT2D eigenvalue weighted by molar-refractivity contribution is -0.125. The van der Waals surface area contributed by atoms with Crippen molar-refractivity contribution in [2.75, 3.05) is 13.1 Å². The van der Waals surface area contributed by atoms with Crippen LogP contribution in [0.4, 0.5) is 4.39 Å². The van der Waals surface area contributed by atoms with Crippen LogP contribution in [0.15, 0.2) is 65.7 Å². The summed E-state index contributed by atoms with van der Waals surface area (Å²) in [5.41, 5.74) is 5.37. The van der Waals surface area contributed by atoms with Gasteiger partial charge in [0.05, 0.1) is 18.1 Å². The molecule has 2 aliphatic heterocycles. The van der Waals surface area contributed by atoms with Crippen molar-refractivity contribution in [1.29, 1.82) is 0 Å². The number of amides is 1. The standard InChI is InChI=1S/C27H28FN5O/c1-4-12-31-13-11-25(21-6-8-22(28)9-7-21)33-26(34)23(30-27(31)33)15-20-5-10-24(18(2)14-20)32-16-19(3)29-17-32/h5-10,14-17,25H,4,11-13H2,1-3H3/b23-15-/t25-/m0/s1. The van der Waals surface area contributed by atoms with E-state index in [0.29, 0.717) is 11.7 Å². The summed E-state index contributed by atoms with van der Waals surface area (Å²) in [5.74, 6) is 0.303. The molecule has 3 aromatic rings. The van der Waals surface area contributed by atoms with E-state index in [9.17, 15) is 9.18 Å². The molecule has 1 atom stereocenters. The Balaban J connectivity index is 1.48. The largest absolute Gasteiger partial charge is 0.342 e. The molecular weight excluding hydrogens is 429 g/mol. The normalized spacial score (nSPS) is 19.1. The summed E-state index contributed by atoms with van der Waals surface area (Å²) >= 11 is 0. The second-order valence-corrected chi connectivity index (χ2v) is 8.93. The minimum Gasteiger partial charge on any atom is -0.342 e. The van der Waals surface area contributed by atoms with Gasteiger partial charge in [0.2, 0.25) is 5.96 Å². The number of aryl methyl sites for hydroxylation is 2. The Morgan fingerprint density at radius 3 is 2.62 bits per heavy atom. The average molecular weight is 458 g/mol. The fourth-order valence-electron chi connectivity index (χ4n) is 4.78. The second-order valence-electron chi connectivity index (χ2n) is 8.93. The molecule has 0 N–H and O–H groups in total. The predicted octanol–water partition coefficient (Wildman–Crippen LogP) is 5.02. The molecule has 1 amide bonds. The number of rotatable bonds is 5. The first kappa shape index (κ1) is 22.1. The third-order valence-corrected chi connectivity index (χ3v) is 6.40. The highest BCUT2D eigenvalue weighted by molar-refractivity contribution is 6.14. The quantitative estimate of drug-likeness (QED) is 0.506. The van der Waals surface area contributed by atoms with Gasteiger partial charge in [-0.15, -0.1) is 0 Å². The van der Waals surface area contributed by atoms with Gasteiger partial charge in [-0.2, -0.15) is 0 Å². The van der Waals surface area contributed by atoms with Gasteiger partial charge in [0.15, 0.2) is 0 Å². The zero-order chi connectivity index (χ0) is 23.8. The van der Waals surface area contributed by atoms with Gasteiger partial charge in [0.25, 0.3) is 5.91 Å². The van der Waals surface area contributed by atoms with E-state index < -0.39 is 0 Å². The molecule has 0 aliphatic carbocycles. The summed E-state index contributed by atoms with van der Waals surface area (Å²) in [5, 5.41) is 0. The maximum atomic E-state index is 13.6. The number of imidazole rings is 1. The first-order valence-corrected chi connectivity index (χ1v) is 11.7. The number of benzene rings is 2. The van der Waals surface area contributed by atoms with Crippen molar-refractivity contribution < 1.29 is 9.18 Å². The molecule has 3 heterocycles. The van der Waals surface area contributed by atoms with Gasteiger partial charge < -0.3 is 9.47 Å². The third-order valence-electron chi connectivity index (χ3n) is 6.40. The molecule has 174 valence electrons. The molecule has 7 heteroatoms. The summed E-state index contributed by atoms with van der Waals surface area (Å²) in [6, 6.07) is 12.4. The highest BCUT2D eigenvalue weighted by Gasteiger charge is 2.42. The van der Waals surface area contributed by atoms with Crippen LogP contribution in [0.2, 0.25) is 0 Å². The molecule has 0 radical (unpaired) electrons. The van der Waals surface area contributed by atoms with E-state index in [1.807, 2.05) is 42.8 Å². The van der Waals surface area contributed by atoms with Gasteiger partial charge in [0.1, 0.15) is 11.5 Å². The van der Waals surface area contributed by atoms with Crippen molar-refractivity contribution in [3.63, 3.8) is 0 Å². The Bertz CT molecular complexity index is 1290. The van der Waals surface area contributed by atoms with E-state index in [1.54, 1.807) is 23.4 Å². The fraction of sp³-hybridized carbons (Fsp3) is 0.296. The van der Waals surface area contributed by atoms with Crippen LogP contribution in [-0.4, -0.2) is 44.3 Å². The van der Waals surface area contributed by atoms with Crippen LogP contribution >= 0.6 is 0 Å². The van der Waals surface area contributed by atoms with Gasteiger partial charge in [-0.3, -0.25) is 9.69 Å². The molecule has 0 spiro atoms. The van der Waals surface area contributed by atoms with E-state index in [2.05, 4.69) is 22.9 Å². The maximum Gasteiger partial charge on any atom is 0.279 e. The van der Waals surface area contributed by atoms with E-state index in [1.165, 1.54) is 12.1 Å². The third kappa shape index (κ3) is 4.02. The van der Waals surface area contributed by atoms with Gasteiger partial charge in [-0.05, 0) is 73.7 Å². The van der Waals surface area contributed by atoms with Crippen LogP contribution in [0.25, 0.3) is 11.8 Å². The zero-order valence-electron chi connectivity index (χ0n) is 19.7. The van der Waals surface area contributed by atoms with Crippen molar-refractivity contribution in [3.8, 4) is 5.69 Å². The van der Waals surface area contributed by atoms with Gasteiger partial charge in [0, 0.05) is 25.0 Å². The van der Waals surface area contributed by atoms with E-state index in [4.69, 9.17) is 4.99 Å². The summed E-state index contributed by atoms with van der Waals surface area (Å²) in [4.78, 5) is 26.6. The van der Waals surface area contributed by atoms with Crippen LogP contribution in [-0.2, 0) is 4.79 Å². The van der Waals surface area contributed by atoms with Gasteiger partial charge >= 0.3 is 0 Å². The summed E-state index contributed by atoms with van der Waals surface area (Å²) in [6.07, 6.45) is 7.40. The fourth-order valence-corrected chi connectivity index (χ4v) is 4.78. The highest BCUT2D eigenvalue weighted by Crippen LogP contribution is 2.36. The smallest absolute Gasteiger partial charge is 0.279 e. The van der Waals surface area contributed by atoms with Crippen molar-refractivity contribution in [1.82, 2.24) is 19.4 Å². The molecule has 2 aliphatic rings. The molecular formula is C27H28FN5O. The molecule has 34 heavy (non-hydrogen) atoms. The van der Waals surface area contributed by atoms with E-state index >= 15 is 0 Å². The van der Waals surface area contributed by atoms with E-state index in [0.717, 1.165) is 54.0 Å². The zero-order valence-corrected chi connectivity index (χ0v) is 19.7. The summed E-state index contributed by atoms with van der Waals surface area (Å²) in [7, 11) is 0. The van der Waals surface area contributed by atoms with Crippen LogP contribution in [0.5, 0.6) is 0 Å². The van der Waals surface area contributed by atoms with Crippen LogP contribution in [0.3, 0.4) is 0 Å². The monoisotopic (exact) mass is 457 g/mol. The van der Waals surface area contributed by atoms with Gasteiger partial charge in [-0.1, -0.05) is 25.1 Å². The minimum absolute atomic E-state index is 0.114. The Kier molecular flexibility index (Phi) is 5.77. The Morgan fingerprint density at radius 1 is 1.15 bits per heavy atom. The molecule has 0 bridgehead atoms. The number of carbonyl (C=O) groups excluding carboxylic acids is 1. The predicted molar refractivity (Wildman–Crippen MR) is 131 cm³/mol. The van der Waals surface area contributed by atoms with E-state index in [-0.39, 0.29) is 17.8 Å².